The molecule has 3 rings (SSSR count). The zero-order valence-electron chi connectivity index (χ0n) is 14.2. The highest BCUT2D eigenvalue weighted by atomic mass is 32.2. The van der Waals surface area contributed by atoms with E-state index in [-0.39, 0.29) is 17.7 Å². The molecule has 7 nitrogen and oxygen atoms in total. The van der Waals surface area contributed by atoms with Crippen molar-refractivity contribution in [3.05, 3.63) is 10.5 Å². The van der Waals surface area contributed by atoms with E-state index in [4.69, 9.17) is 4.74 Å². The van der Waals surface area contributed by atoms with Gasteiger partial charge in [-0.15, -0.1) is 5.10 Å². The lowest BCUT2D eigenvalue weighted by atomic mass is 9.94. The van der Waals surface area contributed by atoms with E-state index in [1.54, 1.807) is 4.57 Å². The van der Waals surface area contributed by atoms with Gasteiger partial charge in [0.15, 0.2) is 5.16 Å². The molecule has 2 aliphatic rings. The van der Waals surface area contributed by atoms with Crippen LogP contribution in [0.5, 0.6) is 0 Å². The molecule has 24 heavy (non-hydrogen) atoms. The highest BCUT2D eigenvalue weighted by Crippen LogP contribution is 2.23. The molecular formula is C16H26N4O3S. The van der Waals surface area contributed by atoms with Gasteiger partial charge in [0.2, 0.25) is 5.91 Å². The van der Waals surface area contributed by atoms with Gasteiger partial charge in [0.1, 0.15) is 0 Å². The Morgan fingerprint density at radius 2 is 2.12 bits per heavy atom. The number of carbonyl (C=O) groups excluding carboxylic acids is 1. The number of H-pyrrole nitrogens is 1. The first-order valence-corrected chi connectivity index (χ1v) is 9.79. The van der Waals surface area contributed by atoms with E-state index < -0.39 is 0 Å². The summed E-state index contributed by atoms with van der Waals surface area (Å²) in [5.41, 5.74) is -0.235. The molecule has 1 aromatic rings. The molecule has 1 saturated heterocycles. The number of aromatic nitrogens is 3. The summed E-state index contributed by atoms with van der Waals surface area (Å²) in [6.45, 7) is 1.26. The van der Waals surface area contributed by atoms with Crippen LogP contribution in [0.15, 0.2) is 9.95 Å². The van der Waals surface area contributed by atoms with E-state index in [0.29, 0.717) is 23.5 Å². The van der Waals surface area contributed by atoms with Gasteiger partial charge in [-0.2, -0.15) is 0 Å². The van der Waals surface area contributed by atoms with Crippen LogP contribution in [0.2, 0.25) is 0 Å². The number of thioether (sulfide) groups is 1. The molecule has 2 heterocycles. The number of aromatic amines is 1. The summed E-state index contributed by atoms with van der Waals surface area (Å²) < 4.78 is 7.19. The molecule has 1 atom stereocenters. The zero-order valence-corrected chi connectivity index (χ0v) is 15.0. The molecule has 0 aromatic carbocycles. The average Bonchev–Trinajstić information content (AvgIpc) is 3.24. The second kappa shape index (κ2) is 8.20. The predicted octanol–water partition coefficient (Wildman–Crippen LogP) is 1.63. The normalized spacial score (nSPS) is 22.0. The maximum atomic E-state index is 12.4. The van der Waals surface area contributed by atoms with Crippen LogP contribution in [-0.2, 0) is 16.1 Å². The minimum absolute atomic E-state index is 0.0697. The number of hydrogen-bond donors (Lipinski definition) is 1. The monoisotopic (exact) mass is 354 g/mol. The van der Waals surface area contributed by atoms with Crippen LogP contribution < -0.4 is 5.69 Å². The van der Waals surface area contributed by atoms with Crippen LogP contribution in [0.25, 0.3) is 0 Å². The summed E-state index contributed by atoms with van der Waals surface area (Å²) in [7, 11) is 1.89. The van der Waals surface area contributed by atoms with E-state index in [1.165, 1.54) is 31.0 Å². The number of ether oxygens (including phenoxy) is 1. The SMILES string of the molecule is CN(C(=O)CSc1n[nH]c(=O)n1C[C@H]1CCCO1)C1CCCCC1. The van der Waals surface area contributed by atoms with E-state index in [2.05, 4.69) is 10.2 Å². The molecule has 1 aromatic heterocycles. The lowest BCUT2D eigenvalue weighted by Crippen LogP contribution is -2.39. The fraction of sp³-hybridized carbons (Fsp3) is 0.812. The number of hydrogen-bond acceptors (Lipinski definition) is 5. The lowest BCUT2D eigenvalue weighted by molar-refractivity contribution is -0.129. The minimum Gasteiger partial charge on any atom is -0.376 e. The minimum atomic E-state index is -0.235. The smallest absolute Gasteiger partial charge is 0.344 e. The maximum absolute atomic E-state index is 12.4. The Balaban J connectivity index is 1.55. The van der Waals surface area contributed by atoms with E-state index >= 15 is 0 Å². The van der Waals surface area contributed by atoms with Crippen LogP contribution in [0.1, 0.15) is 44.9 Å². The van der Waals surface area contributed by atoms with Gasteiger partial charge in [-0.3, -0.25) is 9.36 Å². The first-order valence-electron chi connectivity index (χ1n) is 8.80. The molecule has 8 heteroatoms. The Kier molecular flexibility index (Phi) is 5.99. The first kappa shape index (κ1) is 17.5. The van der Waals surface area contributed by atoms with E-state index in [1.807, 2.05) is 11.9 Å². The Hall–Kier alpha value is -1.28. The largest absolute Gasteiger partial charge is 0.376 e. The van der Waals surface area contributed by atoms with Crippen LogP contribution in [0, 0.1) is 0 Å². The Bertz CT molecular complexity index is 603. The molecule has 0 bridgehead atoms. The van der Waals surface area contributed by atoms with Gasteiger partial charge in [-0.05, 0) is 25.7 Å². The Labute approximate surface area is 146 Å². The summed E-state index contributed by atoms with van der Waals surface area (Å²) in [6, 6.07) is 0.361. The highest BCUT2D eigenvalue weighted by molar-refractivity contribution is 7.99. The summed E-state index contributed by atoms with van der Waals surface area (Å²) in [6.07, 6.45) is 7.94. The summed E-state index contributed by atoms with van der Waals surface area (Å²) in [4.78, 5) is 26.2. The van der Waals surface area contributed by atoms with Crippen molar-refractivity contribution in [1.82, 2.24) is 19.7 Å². The van der Waals surface area contributed by atoms with Crippen molar-refractivity contribution in [2.24, 2.45) is 0 Å². The van der Waals surface area contributed by atoms with Crippen molar-refractivity contribution in [1.29, 1.82) is 0 Å². The molecule has 2 fully saturated rings. The quantitative estimate of drug-likeness (QED) is 0.786. The van der Waals surface area contributed by atoms with Gasteiger partial charge in [-0.25, -0.2) is 9.89 Å². The van der Waals surface area contributed by atoms with Crippen molar-refractivity contribution < 1.29 is 9.53 Å². The van der Waals surface area contributed by atoms with Crippen LogP contribution >= 0.6 is 11.8 Å². The first-order chi connectivity index (χ1) is 11.6. The van der Waals surface area contributed by atoms with Crippen molar-refractivity contribution in [2.75, 3.05) is 19.4 Å². The average molecular weight is 354 g/mol. The molecular weight excluding hydrogens is 328 g/mol. The van der Waals surface area contributed by atoms with Crippen molar-refractivity contribution in [3.8, 4) is 0 Å². The Morgan fingerprint density at radius 3 is 2.83 bits per heavy atom. The van der Waals surface area contributed by atoms with Gasteiger partial charge >= 0.3 is 5.69 Å². The number of nitrogens with zero attached hydrogens (tertiary/aromatic N) is 3. The van der Waals surface area contributed by atoms with E-state index in [0.717, 1.165) is 32.3 Å². The fourth-order valence-corrected chi connectivity index (χ4v) is 4.35. The van der Waals surface area contributed by atoms with Crippen molar-refractivity contribution in [2.45, 2.75) is 68.8 Å². The summed E-state index contributed by atoms with van der Waals surface area (Å²) >= 11 is 1.33. The number of carbonyl (C=O) groups is 1. The zero-order chi connectivity index (χ0) is 16.9. The third kappa shape index (κ3) is 4.22. The molecule has 0 unspecified atom stereocenters. The van der Waals surface area contributed by atoms with Gasteiger partial charge in [0, 0.05) is 19.7 Å². The third-order valence-electron chi connectivity index (χ3n) is 4.97. The van der Waals surface area contributed by atoms with Crippen LogP contribution in [0.4, 0.5) is 0 Å². The molecule has 1 aliphatic heterocycles. The molecule has 0 spiro atoms. The predicted molar refractivity (Wildman–Crippen MR) is 92.2 cm³/mol. The molecule has 1 amide bonds. The summed E-state index contributed by atoms with van der Waals surface area (Å²) in [5.74, 6) is 0.411. The Morgan fingerprint density at radius 1 is 1.33 bits per heavy atom. The van der Waals surface area contributed by atoms with Gasteiger partial charge in [0.05, 0.1) is 18.4 Å². The standard InChI is InChI=1S/C16H26N4O3S/c1-19(12-6-3-2-4-7-12)14(21)11-24-16-18-17-15(22)20(16)10-13-8-5-9-23-13/h12-13H,2-11H2,1H3,(H,17,22)/t13-/m1/s1. The second-order valence-corrected chi connectivity index (χ2v) is 7.58. The van der Waals surface area contributed by atoms with Gasteiger partial charge < -0.3 is 9.64 Å². The maximum Gasteiger partial charge on any atom is 0.344 e. The topological polar surface area (TPSA) is 80.2 Å². The van der Waals surface area contributed by atoms with Crippen LogP contribution in [0.3, 0.4) is 0 Å². The highest BCUT2D eigenvalue weighted by Gasteiger charge is 2.24. The number of amides is 1. The molecule has 134 valence electrons. The van der Waals surface area contributed by atoms with Gasteiger partial charge in [-0.1, -0.05) is 31.0 Å². The van der Waals surface area contributed by atoms with Crippen molar-refractivity contribution in [3.63, 3.8) is 0 Å². The lowest BCUT2D eigenvalue weighted by Gasteiger charge is -2.31. The molecule has 1 aliphatic carbocycles. The van der Waals surface area contributed by atoms with Crippen molar-refractivity contribution >= 4 is 17.7 Å². The van der Waals surface area contributed by atoms with Crippen LogP contribution in [-0.4, -0.2) is 57.1 Å². The summed E-state index contributed by atoms with van der Waals surface area (Å²) in [5, 5.41) is 7.12. The number of nitrogens with one attached hydrogen (secondary N) is 1. The second-order valence-electron chi connectivity index (χ2n) is 6.64. The molecule has 1 N–H and O–H groups in total. The number of rotatable bonds is 6. The van der Waals surface area contributed by atoms with Gasteiger partial charge in [0.25, 0.3) is 0 Å². The molecule has 0 radical (unpaired) electrons. The van der Waals surface area contributed by atoms with E-state index in [9.17, 15) is 9.59 Å². The fourth-order valence-electron chi connectivity index (χ4n) is 3.47. The molecule has 1 saturated carbocycles. The third-order valence-corrected chi connectivity index (χ3v) is 5.94.